The molecule has 0 bridgehead atoms. The van der Waals surface area contributed by atoms with Crippen molar-refractivity contribution < 1.29 is 9.57 Å². The molecule has 0 aliphatic rings. The zero-order valence-electron chi connectivity index (χ0n) is 9.18. The number of hydrogen-bond donors (Lipinski definition) is 0. The standard InChI is InChI=1S/C13H16NO/c1-3-11(2)15-14-9-8-12-6-4-5-7-13(12)10-14/h4-11H,3H2,1-2H3/q+1. The quantitative estimate of drug-likeness (QED) is 0.696. The molecule has 1 aromatic carbocycles. The average molecular weight is 202 g/mol. The molecule has 2 rings (SSSR count). The van der Waals surface area contributed by atoms with E-state index in [1.54, 1.807) is 4.73 Å². The minimum atomic E-state index is 0.246. The van der Waals surface area contributed by atoms with Crippen LogP contribution in [0.3, 0.4) is 0 Å². The summed E-state index contributed by atoms with van der Waals surface area (Å²) in [6, 6.07) is 10.3. The van der Waals surface area contributed by atoms with E-state index in [1.807, 2.05) is 24.5 Å². The Morgan fingerprint density at radius 2 is 1.93 bits per heavy atom. The average Bonchev–Trinajstić information content (AvgIpc) is 2.29. The number of pyridine rings is 1. The van der Waals surface area contributed by atoms with Crippen molar-refractivity contribution in [1.82, 2.24) is 0 Å². The molecule has 1 atom stereocenters. The molecule has 0 radical (unpaired) electrons. The highest BCUT2D eigenvalue weighted by Gasteiger charge is 2.08. The van der Waals surface area contributed by atoms with Crippen molar-refractivity contribution in [2.45, 2.75) is 26.4 Å². The number of aromatic nitrogens is 1. The first-order valence-electron chi connectivity index (χ1n) is 5.37. The summed E-state index contributed by atoms with van der Waals surface area (Å²) in [4.78, 5) is 5.69. The first-order valence-corrected chi connectivity index (χ1v) is 5.37. The lowest BCUT2D eigenvalue weighted by Crippen LogP contribution is -2.46. The third-order valence-corrected chi connectivity index (χ3v) is 2.54. The second kappa shape index (κ2) is 4.30. The molecule has 0 aliphatic heterocycles. The molecule has 0 fully saturated rings. The van der Waals surface area contributed by atoms with E-state index in [-0.39, 0.29) is 6.10 Å². The van der Waals surface area contributed by atoms with E-state index in [9.17, 15) is 0 Å². The molecule has 0 saturated carbocycles. The molecule has 78 valence electrons. The van der Waals surface area contributed by atoms with Gasteiger partial charge in [-0.2, -0.15) is 0 Å². The van der Waals surface area contributed by atoms with E-state index in [0.29, 0.717) is 0 Å². The minimum Gasteiger partial charge on any atom is -0.269 e. The largest absolute Gasteiger partial charge is 0.269 e. The fraction of sp³-hybridized carbons (Fsp3) is 0.308. The third-order valence-electron chi connectivity index (χ3n) is 2.54. The Balaban J connectivity index is 2.30. The highest BCUT2D eigenvalue weighted by atomic mass is 16.7. The Kier molecular flexibility index (Phi) is 2.86. The van der Waals surface area contributed by atoms with Crippen molar-refractivity contribution >= 4 is 10.8 Å². The summed E-state index contributed by atoms with van der Waals surface area (Å²) < 4.78 is 1.79. The lowest BCUT2D eigenvalue weighted by atomic mass is 10.2. The lowest BCUT2D eigenvalue weighted by molar-refractivity contribution is -0.897. The molecule has 2 heteroatoms. The van der Waals surface area contributed by atoms with Gasteiger partial charge in [0.2, 0.25) is 12.4 Å². The number of rotatable bonds is 3. The fourth-order valence-electron chi connectivity index (χ4n) is 1.46. The van der Waals surface area contributed by atoms with Gasteiger partial charge < -0.3 is 0 Å². The van der Waals surface area contributed by atoms with Crippen molar-refractivity contribution in [3.8, 4) is 0 Å². The molecule has 1 aromatic heterocycles. The van der Waals surface area contributed by atoms with Crippen molar-refractivity contribution in [3.05, 3.63) is 42.7 Å². The maximum Gasteiger partial charge on any atom is 0.230 e. The Morgan fingerprint density at radius 3 is 2.67 bits per heavy atom. The van der Waals surface area contributed by atoms with Crippen LogP contribution >= 0.6 is 0 Å². The van der Waals surface area contributed by atoms with Gasteiger partial charge in [-0.1, -0.05) is 25.1 Å². The second-order valence-corrected chi connectivity index (χ2v) is 3.76. The summed E-state index contributed by atoms with van der Waals surface area (Å²) >= 11 is 0. The van der Waals surface area contributed by atoms with Crippen LogP contribution in [-0.2, 0) is 0 Å². The summed E-state index contributed by atoms with van der Waals surface area (Å²) in [5, 5.41) is 2.44. The second-order valence-electron chi connectivity index (χ2n) is 3.76. The van der Waals surface area contributed by atoms with E-state index in [2.05, 4.69) is 32.0 Å². The first kappa shape index (κ1) is 9.97. The lowest BCUT2D eigenvalue weighted by Gasteiger charge is -2.04. The molecule has 2 aromatic rings. The van der Waals surface area contributed by atoms with E-state index >= 15 is 0 Å². The van der Waals surface area contributed by atoms with Crippen molar-refractivity contribution in [2.24, 2.45) is 0 Å². The van der Waals surface area contributed by atoms with Gasteiger partial charge in [-0.15, -0.1) is 0 Å². The first-order chi connectivity index (χ1) is 7.29. The van der Waals surface area contributed by atoms with E-state index in [1.165, 1.54) is 10.8 Å². The molecule has 15 heavy (non-hydrogen) atoms. The topological polar surface area (TPSA) is 13.1 Å². The Labute approximate surface area is 90.1 Å². The summed E-state index contributed by atoms with van der Waals surface area (Å²) in [7, 11) is 0. The van der Waals surface area contributed by atoms with E-state index in [4.69, 9.17) is 4.84 Å². The van der Waals surface area contributed by atoms with Crippen molar-refractivity contribution in [2.75, 3.05) is 0 Å². The highest BCUT2D eigenvalue weighted by molar-refractivity contribution is 5.80. The third kappa shape index (κ3) is 2.27. The van der Waals surface area contributed by atoms with Crippen LogP contribution in [0, 0.1) is 0 Å². The molecule has 0 amide bonds. The molecule has 1 unspecified atom stereocenters. The Morgan fingerprint density at radius 1 is 1.20 bits per heavy atom. The summed E-state index contributed by atoms with van der Waals surface area (Å²) in [5.41, 5.74) is 0. The summed E-state index contributed by atoms with van der Waals surface area (Å²) in [5.74, 6) is 0. The van der Waals surface area contributed by atoms with Crippen LogP contribution in [-0.4, -0.2) is 6.10 Å². The molecule has 0 aliphatic carbocycles. The zero-order valence-corrected chi connectivity index (χ0v) is 9.18. The molecule has 0 saturated heterocycles. The van der Waals surface area contributed by atoms with Gasteiger partial charge in [0, 0.05) is 10.8 Å². The van der Waals surface area contributed by atoms with Crippen LogP contribution in [0.2, 0.25) is 0 Å². The van der Waals surface area contributed by atoms with Gasteiger partial charge in [-0.25, -0.2) is 0 Å². The Hall–Kier alpha value is -1.57. The van der Waals surface area contributed by atoms with Gasteiger partial charge in [0.05, 0.1) is 5.39 Å². The van der Waals surface area contributed by atoms with Crippen LogP contribution in [0.15, 0.2) is 42.7 Å². The van der Waals surface area contributed by atoms with Gasteiger partial charge in [-0.3, -0.25) is 4.84 Å². The molecule has 0 spiro atoms. The summed E-state index contributed by atoms with van der Waals surface area (Å²) in [6.07, 6.45) is 5.23. The highest BCUT2D eigenvalue weighted by Crippen LogP contribution is 2.09. The SMILES string of the molecule is CCC(C)O[n+]1ccc2ccccc2c1. The maximum absolute atomic E-state index is 5.69. The van der Waals surface area contributed by atoms with Crippen LogP contribution in [0.25, 0.3) is 10.8 Å². The predicted octanol–water partition coefficient (Wildman–Crippen LogP) is 2.35. The Bertz CT molecular complexity index is 453. The van der Waals surface area contributed by atoms with Crippen molar-refractivity contribution in [3.63, 3.8) is 0 Å². The number of benzene rings is 1. The van der Waals surface area contributed by atoms with Crippen LogP contribution < -0.4 is 9.57 Å². The van der Waals surface area contributed by atoms with E-state index in [0.717, 1.165) is 6.42 Å². The predicted molar refractivity (Wildman–Crippen MR) is 60.5 cm³/mol. The molecule has 0 N–H and O–H groups in total. The van der Waals surface area contributed by atoms with Crippen LogP contribution in [0.5, 0.6) is 0 Å². The maximum atomic E-state index is 5.69. The molecule has 2 nitrogen and oxygen atoms in total. The molecule has 1 heterocycles. The summed E-state index contributed by atoms with van der Waals surface area (Å²) in [6.45, 7) is 4.19. The number of nitrogens with zero attached hydrogens (tertiary/aromatic N) is 1. The van der Waals surface area contributed by atoms with Gasteiger partial charge in [0.15, 0.2) is 6.10 Å². The normalized spacial score (nSPS) is 12.7. The van der Waals surface area contributed by atoms with Crippen molar-refractivity contribution in [1.29, 1.82) is 0 Å². The van der Waals surface area contributed by atoms with Gasteiger partial charge in [0.1, 0.15) is 0 Å². The monoisotopic (exact) mass is 202 g/mol. The molecular formula is C13H16NO+. The smallest absolute Gasteiger partial charge is 0.230 e. The zero-order chi connectivity index (χ0) is 10.7. The molecular weight excluding hydrogens is 186 g/mol. The number of fused-ring (bicyclic) bond motifs is 1. The van der Waals surface area contributed by atoms with Gasteiger partial charge >= 0.3 is 0 Å². The minimum absolute atomic E-state index is 0.246. The van der Waals surface area contributed by atoms with Crippen LogP contribution in [0.1, 0.15) is 20.3 Å². The van der Waals surface area contributed by atoms with Crippen LogP contribution in [0.4, 0.5) is 0 Å². The van der Waals surface area contributed by atoms with E-state index < -0.39 is 0 Å². The van der Waals surface area contributed by atoms with Gasteiger partial charge in [-0.05, 0) is 24.8 Å². The van der Waals surface area contributed by atoms with Gasteiger partial charge in [0.25, 0.3) is 0 Å². The number of hydrogen-bond acceptors (Lipinski definition) is 1. The fourth-order valence-corrected chi connectivity index (χ4v) is 1.46.